The molecule has 0 fully saturated rings. The predicted octanol–water partition coefficient (Wildman–Crippen LogP) is 0.906. The molecule has 4 N–H and O–H groups in total. The molecule has 1 aromatic rings. The first-order chi connectivity index (χ1) is 8.19. The first-order valence-electron chi connectivity index (χ1n) is 5.72. The number of rotatable bonds is 3. The highest BCUT2D eigenvalue weighted by Gasteiger charge is 2.19. The Kier molecular flexibility index (Phi) is 3.93. The highest BCUT2D eigenvalue weighted by Crippen LogP contribution is 2.26. The maximum atomic E-state index is 11.5. The third-order valence-electron chi connectivity index (χ3n) is 2.52. The molecule has 17 heavy (non-hydrogen) atoms. The number of urea groups is 1. The van der Waals surface area contributed by atoms with Gasteiger partial charge in [0.05, 0.1) is 5.69 Å². The summed E-state index contributed by atoms with van der Waals surface area (Å²) in [7, 11) is 0. The molecule has 2 amide bonds. The van der Waals surface area contributed by atoms with Gasteiger partial charge in [-0.1, -0.05) is 18.3 Å². The topological polar surface area (TPSA) is 83.3 Å². The van der Waals surface area contributed by atoms with Gasteiger partial charge < -0.3 is 5.32 Å². The summed E-state index contributed by atoms with van der Waals surface area (Å²) in [4.78, 5) is 17.0. The standard InChI is InChI=1S/C10H17N5OS/c1-2-4-12-9(16)14-10-13-7-3-5-15(11)6-8(7)17-10/h2-6,11H2,1H3,(H2,12,13,14,16). The number of anilines is 1. The highest BCUT2D eigenvalue weighted by molar-refractivity contribution is 7.15. The molecule has 0 aliphatic carbocycles. The van der Waals surface area contributed by atoms with E-state index in [1.54, 1.807) is 5.01 Å². The molecule has 94 valence electrons. The van der Waals surface area contributed by atoms with Crippen molar-refractivity contribution < 1.29 is 4.79 Å². The van der Waals surface area contributed by atoms with Gasteiger partial charge in [-0.25, -0.2) is 14.8 Å². The Bertz CT molecular complexity index is 405. The van der Waals surface area contributed by atoms with Crippen LogP contribution in [0.5, 0.6) is 0 Å². The van der Waals surface area contributed by atoms with Crippen molar-refractivity contribution in [3.8, 4) is 0 Å². The number of hydrogen-bond acceptors (Lipinski definition) is 5. The van der Waals surface area contributed by atoms with E-state index in [4.69, 9.17) is 5.84 Å². The average molecular weight is 255 g/mol. The van der Waals surface area contributed by atoms with E-state index in [9.17, 15) is 4.79 Å². The summed E-state index contributed by atoms with van der Waals surface area (Å²) in [6.45, 7) is 4.22. The molecule has 1 aliphatic rings. The van der Waals surface area contributed by atoms with Crippen molar-refractivity contribution in [2.24, 2.45) is 5.84 Å². The third-order valence-corrected chi connectivity index (χ3v) is 3.51. The lowest BCUT2D eigenvalue weighted by Crippen LogP contribution is -2.35. The number of hydrogen-bond donors (Lipinski definition) is 3. The van der Waals surface area contributed by atoms with Gasteiger partial charge in [0.2, 0.25) is 0 Å². The number of hydrazine groups is 1. The monoisotopic (exact) mass is 255 g/mol. The van der Waals surface area contributed by atoms with E-state index in [0.717, 1.165) is 30.0 Å². The Labute approximate surface area is 104 Å². The Morgan fingerprint density at radius 2 is 2.47 bits per heavy atom. The van der Waals surface area contributed by atoms with Crippen LogP contribution in [0.2, 0.25) is 0 Å². The van der Waals surface area contributed by atoms with Crippen molar-refractivity contribution in [2.75, 3.05) is 18.4 Å². The van der Waals surface area contributed by atoms with Crippen LogP contribution in [-0.2, 0) is 13.0 Å². The van der Waals surface area contributed by atoms with Crippen molar-refractivity contribution in [2.45, 2.75) is 26.3 Å². The Balaban J connectivity index is 1.96. The van der Waals surface area contributed by atoms with Crippen LogP contribution in [0.4, 0.5) is 9.93 Å². The van der Waals surface area contributed by atoms with Crippen LogP contribution in [-0.4, -0.2) is 29.1 Å². The van der Waals surface area contributed by atoms with Crippen molar-refractivity contribution in [3.63, 3.8) is 0 Å². The zero-order valence-electron chi connectivity index (χ0n) is 9.82. The van der Waals surface area contributed by atoms with E-state index in [0.29, 0.717) is 18.2 Å². The maximum Gasteiger partial charge on any atom is 0.321 e. The SMILES string of the molecule is CCCNC(=O)Nc1nc2c(s1)CN(N)CC2. The minimum atomic E-state index is -0.192. The number of nitrogens with one attached hydrogen (secondary N) is 2. The molecular weight excluding hydrogens is 238 g/mol. The number of nitrogens with zero attached hydrogens (tertiary/aromatic N) is 2. The second-order valence-corrected chi connectivity index (χ2v) is 5.07. The fourth-order valence-corrected chi connectivity index (χ4v) is 2.68. The van der Waals surface area contributed by atoms with Gasteiger partial charge in [-0.05, 0) is 6.42 Å². The second kappa shape index (κ2) is 5.44. The fraction of sp³-hybridized carbons (Fsp3) is 0.600. The summed E-state index contributed by atoms with van der Waals surface area (Å²) in [5, 5.41) is 7.92. The van der Waals surface area contributed by atoms with E-state index in [1.807, 2.05) is 6.92 Å². The zero-order valence-corrected chi connectivity index (χ0v) is 10.6. The normalized spacial score (nSPS) is 15.4. The van der Waals surface area contributed by atoms with Gasteiger partial charge in [-0.2, -0.15) is 0 Å². The lowest BCUT2D eigenvalue weighted by atomic mass is 10.2. The number of carbonyl (C=O) groups excluding carboxylic acids is 1. The van der Waals surface area contributed by atoms with Gasteiger partial charge in [0.15, 0.2) is 5.13 Å². The second-order valence-electron chi connectivity index (χ2n) is 3.99. The summed E-state index contributed by atoms with van der Waals surface area (Å²) in [5.41, 5.74) is 1.06. The van der Waals surface area contributed by atoms with Gasteiger partial charge in [0.25, 0.3) is 0 Å². The van der Waals surface area contributed by atoms with Crippen molar-refractivity contribution in [1.82, 2.24) is 15.3 Å². The van der Waals surface area contributed by atoms with E-state index in [-0.39, 0.29) is 6.03 Å². The minimum absolute atomic E-state index is 0.192. The maximum absolute atomic E-state index is 11.5. The smallest absolute Gasteiger partial charge is 0.321 e. The molecule has 1 aliphatic heterocycles. The van der Waals surface area contributed by atoms with Crippen molar-refractivity contribution in [3.05, 3.63) is 10.6 Å². The van der Waals surface area contributed by atoms with Crippen LogP contribution >= 0.6 is 11.3 Å². The molecule has 0 radical (unpaired) electrons. The molecule has 6 nitrogen and oxygen atoms in total. The summed E-state index contributed by atoms with van der Waals surface area (Å²) in [6.07, 6.45) is 1.77. The molecule has 2 rings (SSSR count). The molecule has 0 atom stereocenters. The molecule has 0 saturated heterocycles. The van der Waals surface area contributed by atoms with E-state index in [2.05, 4.69) is 15.6 Å². The van der Waals surface area contributed by atoms with Gasteiger partial charge >= 0.3 is 6.03 Å². The van der Waals surface area contributed by atoms with Gasteiger partial charge in [-0.3, -0.25) is 11.2 Å². The van der Waals surface area contributed by atoms with E-state index >= 15 is 0 Å². The largest absolute Gasteiger partial charge is 0.338 e. The Morgan fingerprint density at radius 3 is 3.24 bits per heavy atom. The van der Waals surface area contributed by atoms with Gasteiger partial charge in [0.1, 0.15) is 0 Å². The fourth-order valence-electron chi connectivity index (χ4n) is 1.65. The van der Waals surface area contributed by atoms with Crippen LogP contribution in [0.15, 0.2) is 0 Å². The molecule has 0 saturated carbocycles. The summed E-state index contributed by atoms with van der Waals surface area (Å²) in [5.74, 6) is 5.74. The lowest BCUT2D eigenvalue weighted by Gasteiger charge is -2.19. The zero-order chi connectivity index (χ0) is 12.3. The van der Waals surface area contributed by atoms with Crippen LogP contribution in [0.1, 0.15) is 23.9 Å². The number of nitrogens with two attached hydrogens (primary N) is 1. The number of fused-ring (bicyclic) bond motifs is 1. The van der Waals surface area contributed by atoms with E-state index in [1.165, 1.54) is 11.3 Å². The first-order valence-corrected chi connectivity index (χ1v) is 6.53. The molecule has 0 aromatic carbocycles. The van der Waals surface area contributed by atoms with Crippen LogP contribution in [0, 0.1) is 0 Å². The number of thiazole rings is 1. The molecule has 0 bridgehead atoms. The summed E-state index contributed by atoms with van der Waals surface area (Å²) >= 11 is 1.50. The van der Waals surface area contributed by atoms with Gasteiger partial charge in [0, 0.05) is 30.9 Å². The first kappa shape index (κ1) is 12.3. The molecule has 0 unspecified atom stereocenters. The lowest BCUT2D eigenvalue weighted by molar-refractivity contribution is 0.252. The van der Waals surface area contributed by atoms with Gasteiger partial charge in [-0.15, -0.1) is 0 Å². The van der Waals surface area contributed by atoms with E-state index < -0.39 is 0 Å². The summed E-state index contributed by atoms with van der Waals surface area (Å²) in [6, 6.07) is -0.192. The van der Waals surface area contributed by atoms with Crippen molar-refractivity contribution >= 4 is 22.5 Å². The molecule has 7 heteroatoms. The quantitative estimate of drug-likeness (QED) is 0.701. The molecule has 0 spiro atoms. The predicted molar refractivity (Wildman–Crippen MR) is 67.7 cm³/mol. The number of amides is 2. The third kappa shape index (κ3) is 3.15. The Hall–Kier alpha value is -1.18. The number of aromatic nitrogens is 1. The highest BCUT2D eigenvalue weighted by atomic mass is 32.1. The summed E-state index contributed by atoms with van der Waals surface area (Å²) < 4.78 is 0. The molecule has 2 heterocycles. The molecule has 1 aromatic heterocycles. The average Bonchev–Trinajstić information content (AvgIpc) is 2.67. The van der Waals surface area contributed by atoms with Crippen LogP contribution in [0.25, 0.3) is 0 Å². The minimum Gasteiger partial charge on any atom is -0.338 e. The Morgan fingerprint density at radius 1 is 1.65 bits per heavy atom. The molecular formula is C10H17N5OS. The van der Waals surface area contributed by atoms with Crippen molar-refractivity contribution in [1.29, 1.82) is 0 Å². The van der Waals surface area contributed by atoms with Crippen LogP contribution < -0.4 is 16.5 Å². The number of carbonyl (C=O) groups is 1. The van der Waals surface area contributed by atoms with Crippen LogP contribution in [0.3, 0.4) is 0 Å².